The van der Waals surface area contributed by atoms with Gasteiger partial charge in [0.15, 0.2) is 5.78 Å². The Balaban J connectivity index is 0.000000253. The summed E-state index contributed by atoms with van der Waals surface area (Å²) in [5.74, 6) is 1.04. The van der Waals surface area contributed by atoms with Crippen molar-refractivity contribution in [2.45, 2.75) is 79.1 Å². The van der Waals surface area contributed by atoms with Crippen LogP contribution in [0.4, 0.5) is 0 Å². The molecule has 1 aromatic heterocycles. The number of carbonyl (C=O) groups excluding carboxylic acids is 1. The summed E-state index contributed by atoms with van der Waals surface area (Å²) in [5, 5.41) is 10.9. The molecule has 1 aromatic carbocycles. The Morgan fingerprint density at radius 1 is 0.939 bits per heavy atom. The van der Waals surface area contributed by atoms with Crippen LogP contribution in [0.25, 0.3) is 11.3 Å². The number of ketones is 1. The van der Waals surface area contributed by atoms with Gasteiger partial charge < -0.3 is 10.1 Å². The van der Waals surface area contributed by atoms with Crippen molar-refractivity contribution in [3.05, 3.63) is 66.1 Å². The molecule has 4 rings (SSSR count). The van der Waals surface area contributed by atoms with E-state index in [0.29, 0.717) is 11.7 Å². The number of pyridine rings is 1. The first kappa shape index (κ1) is 27.5. The van der Waals surface area contributed by atoms with Gasteiger partial charge in [0.25, 0.3) is 0 Å². The Morgan fingerprint density at radius 2 is 1.55 bits per heavy atom. The Kier molecular flexibility index (Phi) is 10.1. The van der Waals surface area contributed by atoms with Gasteiger partial charge in [-0.05, 0) is 69.0 Å². The van der Waals surface area contributed by atoms with Crippen LogP contribution in [0.3, 0.4) is 0 Å². The van der Waals surface area contributed by atoms with Gasteiger partial charge in [0.2, 0.25) is 0 Å². The Hall–Kier alpha value is -1.77. The van der Waals surface area contributed by atoms with Gasteiger partial charge in [0.1, 0.15) is 5.76 Å². The summed E-state index contributed by atoms with van der Waals surface area (Å²) in [6, 6.07) is 16.8. The van der Waals surface area contributed by atoms with E-state index in [2.05, 4.69) is 38.7 Å². The predicted molar refractivity (Wildman–Crippen MR) is 131 cm³/mol. The Morgan fingerprint density at radius 3 is 2.06 bits per heavy atom. The normalized spacial score (nSPS) is 20.7. The topological polar surface area (TPSA) is 50.2 Å². The van der Waals surface area contributed by atoms with Gasteiger partial charge in [-0.2, -0.15) is 0 Å². The molecular formula is C29H38IrNO2-. The Labute approximate surface area is 213 Å². The number of rotatable bonds is 5. The minimum atomic E-state index is -0.204. The van der Waals surface area contributed by atoms with Crippen molar-refractivity contribution in [1.29, 1.82) is 0 Å². The van der Waals surface area contributed by atoms with E-state index < -0.39 is 0 Å². The molecule has 1 atom stereocenters. The van der Waals surface area contributed by atoms with Crippen molar-refractivity contribution in [3.63, 3.8) is 0 Å². The number of Topliss-reactive ketones (excluding diaryl/α,β-unsaturated/α-hetero) is 1. The van der Waals surface area contributed by atoms with Crippen LogP contribution in [0, 0.1) is 22.8 Å². The number of hydrogen-bond donors (Lipinski definition) is 1. The molecule has 3 nitrogen and oxygen atoms in total. The van der Waals surface area contributed by atoms with Crippen LogP contribution in [-0.2, 0) is 24.9 Å². The SMILES string of the molecule is CCC1(CC)CCC2CCC(CC)(CC)C(O)=C2C1=O.[Ir].[c-]1ccccc1-c1ccccn1. The van der Waals surface area contributed by atoms with Gasteiger partial charge in [-0.1, -0.05) is 39.8 Å². The monoisotopic (exact) mass is 625 g/mol. The minimum Gasteiger partial charge on any atom is -0.511 e. The smallest absolute Gasteiger partial charge is 0.168 e. The van der Waals surface area contributed by atoms with E-state index in [1.165, 1.54) is 0 Å². The molecule has 1 saturated carbocycles. The maximum Gasteiger partial charge on any atom is 0.168 e. The van der Waals surface area contributed by atoms with Crippen LogP contribution >= 0.6 is 0 Å². The average molecular weight is 625 g/mol. The number of fused-ring (bicyclic) bond motifs is 1. The third-order valence-electron chi connectivity index (χ3n) is 8.19. The molecule has 1 N–H and O–H groups in total. The summed E-state index contributed by atoms with van der Waals surface area (Å²) in [4.78, 5) is 17.3. The fourth-order valence-electron chi connectivity index (χ4n) is 5.56. The number of benzene rings is 1. The summed E-state index contributed by atoms with van der Waals surface area (Å²) < 4.78 is 0. The van der Waals surface area contributed by atoms with Crippen molar-refractivity contribution < 1.29 is 30.0 Å². The summed E-state index contributed by atoms with van der Waals surface area (Å²) >= 11 is 0. The first-order valence-electron chi connectivity index (χ1n) is 12.3. The van der Waals surface area contributed by atoms with Gasteiger partial charge in [-0.3, -0.25) is 4.79 Å². The van der Waals surface area contributed by atoms with Crippen LogP contribution in [0.5, 0.6) is 0 Å². The number of aromatic nitrogens is 1. The average Bonchev–Trinajstić information content (AvgIpc) is 2.87. The van der Waals surface area contributed by atoms with E-state index in [0.717, 1.165) is 68.2 Å². The molecule has 2 aromatic rings. The number of aliphatic hydroxyl groups excluding tert-OH is 1. The molecule has 0 saturated heterocycles. The zero-order valence-electron chi connectivity index (χ0n) is 20.5. The van der Waals surface area contributed by atoms with Crippen molar-refractivity contribution in [2.75, 3.05) is 0 Å². The van der Waals surface area contributed by atoms with E-state index in [1.807, 2.05) is 42.5 Å². The van der Waals surface area contributed by atoms with Crippen LogP contribution in [-0.4, -0.2) is 15.9 Å². The maximum absolute atomic E-state index is 13.1. The van der Waals surface area contributed by atoms with Crippen molar-refractivity contribution in [1.82, 2.24) is 4.98 Å². The number of aliphatic hydroxyl groups is 1. The fraction of sp³-hybridized carbons (Fsp3) is 0.517. The molecule has 4 heteroatoms. The number of hydrogen-bond acceptors (Lipinski definition) is 3. The molecule has 1 unspecified atom stereocenters. The maximum atomic E-state index is 13.1. The minimum absolute atomic E-state index is 0. The third kappa shape index (κ3) is 5.49. The first-order valence-corrected chi connectivity index (χ1v) is 12.3. The fourth-order valence-corrected chi connectivity index (χ4v) is 5.56. The van der Waals surface area contributed by atoms with Crippen molar-refractivity contribution >= 4 is 5.78 Å². The van der Waals surface area contributed by atoms with Gasteiger partial charge in [0.05, 0.1) is 0 Å². The molecule has 0 bridgehead atoms. The van der Waals surface area contributed by atoms with E-state index in [4.69, 9.17) is 0 Å². The van der Waals surface area contributed by atoms with Crippen molar-refractivity contribution in [2.24, 2.45) is 16.7 Å². The largest absolute Gasteiger partial charge is 0.511 e. The second-order valence-electron chi connectivity index (χ2n) is 9.33. The summed E-state index contributed by atoms with van der Waals surface area (Å²) in [5.41, 5.74) is 2.49. The van der Waals surface area contributed by atoms with Crippen LogP contribution in [0.15, 0.2) is 60.0 Å². The van der Waals surface area contributed by atoms with Crippen LogP contribution in [0.1, 0.15) is 79.1 Å². The van der Waals surface area contributed by atoms with Gasteiger partial charge >= 0.3 is 0 Å². The van der Waals surface area contributed by atoms with Gasteiger partial charge in [0, 0.05) is 42.7 Å². The molecule has 33 heavy (non-hydrogen) atoms. The summed E-state index contributed by atoms with van der Waals surface area (Å²) in [6.07, 6.45) is 9.66. The zero-order valence-corrected chi connectivity index (χ0v) is 22.9. The molecule has 0 aliphatic heterocycles. The zero-order chi connectivity index (χ0) is 23.2. The molecule has 1 radical (unpaired) electrons. The summed E-state index contributed by atoms with van der Waals surface area (Å²) in [6.45, 7) is 8.52. The van der Waals surface area contributed by atoms with Crippen molar-refractivity contribution in [3.8, 4) is 11.3 Å². The molecule has 0 spiro atoms. The van der Waals surface area contributed by atoms with E-state index in [1.54, 1.807) is 6.20 Å². The van der Waals surface area contributed by atoms with Gasteiger partial charge in [-0.25, -0.2) is 0 Å². The standard InChI is InChI=1S/C18H30O2.C11H8N.Ir/c1-5-17(6-2)11-9-13-10-12-18(7-3,8-4)16(20)14(13)15(17)19;1-2-6-10(7-3-1)11-8-4-5-9-12-11;/h13,19H,5-12H2,1-4H3;1-6,8-9H;/q;-1;. The number of allylic oxidation sites excluding steroid dienone is 2. The van der Waals surface area contributed by atoms with Crippen LogP contribution < -0.4 is 0 Å². The summed E-state index contributed by atoms with van der Waals surface area (Å²) in [7, 11) is 0. The Bertz CT molecular complexity index is 878. The van der Waals surface area contributed by atoms with E-state index >= 15 is 0 Å². The molecule has 1 heterocycles. The van der Waals surface area contributed by atoms with E-state index in [9.17, 15) is 9.90 Å². The quantitative estimate of drug-likeness (QED) is 0.347. The second kappa shape index (κ2) is 12.1. The molecule has 181 valence electrons. The molecular weight excluding hydrogens is 587 g/mol. The van der Waals surface area contributed by atoms with Gasteiger partial charge in [-0.15, -0.1) is 35.9 Å². The molecule has 1 fully saturated rings. The third-order valence-corrected chi connectivity index (χ3v) is 8.19. The second-order valence-corrected chi connectivity index (χ2v) is 9.33. The molecule has 2 aliphatic rings. The predicted octanol–water partition coefficient (Wildman–Crippen LogP) is 7.73. The van der Waals surface area contributed by atoms with E-state index in [-0.39, 0.29) is 36.7 Å². The van der Waals surface area contributed by atoms with Crippen LogP contribution in [0.2, 0.25) is 0 Å². The molecule has 0 amide bonds. The number of nitrogens with zero attached hydrogens (tertiary/aromatic N) is 1. The first-order chi connectivity index (χ1) is 15.5. The number of carbonyl (C=O) groups is 1. The molecule has 2 aliphatic carbocycles.